The lowest BCUT2D eigenvalue weighted by atomic mass is 9.54. The lowest BCUT2D eigenvalue weighted by Crippen LogP contribution is -2.56. The lowest BCUT2D eigenvalue weighted by Gasteiger charge is -2.54. The van der Waals surface area contributed by atoms with Crippen LogP contribution in [-0.4, -0.2) is 99.6 Å². The van der Waals surface area contributed by atoms with E-state index in [4.69, 9.17) is 53.4 Å². The molecule has 7 aromatic heterocycles. The number of pyridine rings is 3. The van der Waals surface area contributed by atoms with Crippen LogP contribution in [-0.2, 0) is 109 Å². The van der Waals surface area contributed by atoms with Gasteiger partial charge in [0.25, 0.3) is 0 Å². The molecule has 2 spiro atoms. The lowest BCUT2D eigenvalue weighted by molar-refractivity contribution is -0.241. The smallest absolute Gasteiger partial charge is 0.171 e. The molecule has 11 aliphatic carbocycles. The van der Waals surface area contributed by atoms with E-state index < -0.39 is 17.0 Å². The van der Waals surface area contributed by atoms with E-state index in [2.05, 4.69) is 75.5 Å². The van der Waals surface area contributed by atoms with Crippen LogP contribution in [0.5, 0.6) is 0 Å². The number of fused-ring (bicyclic) bond motifs is 14. The molecule has 0 N–H and O–H groups in total. The average Bonchev–Trinajstić information content (AvgIpc) is 1.62. The third-order valence-corrected chi connectivity index (χ3v) is 33.3. The second kappa shape index (κ2) is 36.9. The summed E-state index contributed by atoms with van der Waals surface area (Å²) in [4.78, 5) is 70.7. The van der Waals surface area contributed by atoms with Crippen molar-refractivity contribution in [3.63, 3.8) is 0 Å². The van der Waals surface area contributed by atoms with Crippen LogP contribution in [0.2, 0.25) is 0 Å². The molecule has 0 unspecified atom stereocenters. The number of carbonyl (C=O) groups excluding carboxylic acids is 2. The van der Waals surface area contributed by atoms with Gasteiger partial charge in [-0.2, -0.15) is 0 Å². The van der Waals surface area contributed by atoms with Crippen LogP contribution in [0.1, 0.15) is 265 Å². The molecule has 0 radical (unpaired) electrons. The number of carbonyl (C=O) groups is 2. The Kier molecular flexibility index (Phi) is 26.1. The Bertz CT molecular complexity index is 6320. The zero-order chi connectivity index (χ0) is 88.6. The van der Waals surface area contributed by atoms with E-state index in [0.717, 1.165) is 237 Å². The van der Waals surface area contributed by atoms with Crippen LogP contribution in [0.3, 0.4) is 0 Å². The number of halogens is 4. The fourth-order valence-electron chi connectivity index (χ4n) is 26.4. The van der Waals surface area contributed by atoms with Gasteiger partial charge in [-0.25, -0.2) is 47.5 Å². The molecule has 24 rings (SSSR count). The molecule has 17 nitrogen and oxygen atoms in total. The molecule has 6 fully saturated rings. The predicted molar refractivity (Wildman–Crippen MR) is 511 cm³/mol. The maximum Gasteiger partial charge on any atom is 0.171 e. The maximum absolute atomic E-state index is 15.2. The van der Waals surface area contributed by atoms with Crippen molar-refractivity contribution in [2.24, 2.45) is 46.8 Å². The number of hydrogen-bond donors (Lipinski definition) is 0. The third kappa shape index (κ3) is 15.9. The van der Waals surface area contributed by atoms with Gasteiger partial charge in [0.05, 0.1) is 66.8 Å². The number of ketones is 2. The number of allylic oxidation sites excluding steroid dienone is 1. The Hall–Kier alpha value is -10.6. The van der Waals surface area contributed by atoms with Gasteiger partial charge < -0.3 is 23.5 Å². The molecule has 696 valence electrons. The summed E-state index contributed by atoms with van der Waals surface area (Å²) in [5.74, 6) is 3.55. The number of Topliss-reactive ketones (excluding diaryl/α,β-unsaturated/α-hetero) is 2. The molecule has 4 saturated carbocycles. The van der Waals surface area contributed by atoms with Gasteiger partial charge >= 0.3 is 0 Å². The molecule has 21 heteroatoms. The normalized spacial score (nSPS) is 27.2. The monoisotopic (exact) mass is 1800 g/mol. The van der Waals surface area contributed by atoms with Gasteiger partial charge in [-0.15, -0.1) is 0 Å². The summed E-state index contributed by atoms with van der Waals surface area (Å²) in [5, 5.41) is 4.12. The second-order valence-corrected chi connectivity index (χ2v) is 39.8. The summed E-state index contributed by atoms with van der Waals surface area (Å²) in [7, 11) is 0. The first kappa shape index (κ1) is 94.2. The highest BCUT2D eigenvalue weighted by Gasteiger charge is 2.61. The molecule has 133 heavy (non-hydrogen) atoms. The highest BCUT2D eigenvalue weighted by Crippen LogP contribution is 2.62. The Morgan fingerprint density at radius 2 is 0.759 bits per heavy atom. The van der Waals surface area contributed by atoms with Gasteiger partial charge in [0.1, 0.15) is 34.8 Å². The molecule has 4 aromatic carbocycles. The van der Waals surface area contributed by atoms with Crippen LogP contribution in [0.15, 0.2) is 150 Å². The molecule has 9 heterocycles. The molecule has 2 saturated heterocycles. The van der Waals surface area contributed by atoms with E-state index in [0.29, 0.717) is 102 Å². The first-order valence-electron chi connectivity index (χ1n) is 47.4. The summed E-state index contributed by atoms with van der Waals surface area (Å²) < 4.78 is 89.4. The summed E-state index contributed by atoms with van der Waals surface area (Å²) in [6.07, 6.45) is 30.7. The number of nitrogens with zero attached hydrogens (tertiary/aromatic N) is 10. The topological polar surface area (TPSA) is 213 Å². The van der Waals surface area contributed by atoms with E-state index in [1.807, 2.05) is 79.4 Å². The van der Waals surface area contributed by atoms with Crippen LogP contribution in [0.25, 0.3) is 74.0 Å². The van der Waals surface area contributed by atoms with E-state index >= 15 is 13.2 Å². The van der Waals surface area contributed by atoms with E-state index in [1.165, 1.54) is 41.0 Å². The van der Waals surface area contributed by atoms with E-state index in [9.17, 15) is 14.0 Å². The molecule has 2 aliphatic heterocycles. The van der Waals surface area contributed by atoms with Gasteiger partial charge in [0.15, 0.2) is 34.8 Å². The zero-order valence-electron chi connectivity index (χ0n) is 75.1. The molecular weight excluding hydrogens is 1670 g/mol. The van der Waals surface area contributed by atoms with Crippen molar-refractivity contribution in [2.45, 2.75) is 273 Å². The van der Waals surface area contributed by atoms with Crippen molar-refractivity contribution in [1.29, 1.82) is 0 Å². The van der Waals surface area contributed by atoms with Crippen LogP contribution >= 0.6 is 0 Å². The minimum atomic E-state index is -0.503. The highest BCUT2D eigenvalue weighted by molar-refractivity contribution is 6.04. The quantitative estimate of drug-likeness (QED) is 0.107. The number of aromatic nitrogens is 10. The summed E-state index contributed by atoms with van der Waals surface area (Å²) in [6, 6.07) is 33.6. The minimum Gasteiger partial charge on any atom is -0.361 e. The van der Waals surface area contributed by atoms with Crippen LogP contribution < -0.4 is 0 Å². The summed E-state index contributed by atoms with van der Waals surface area (Å²) in [5.41, 5.74) is 21.9. The fraction of sp³-hybridized carbons (Fsp3) is 0.482. The van der Waals surface area contributed by atoms with Gasteiger partial charge in [-0.3, -0.25) is 24.5 Å². The van der Waals surface area contributed by atoms with Crippen molar-refractivity contribution < 1.29 is 50.6 Å². The zero-order valence-corrected chi connectivity index (χ0v) is 75.1. The predicted octanol–water partition coefficient (Wildman–Crippen LogP) is 24.4. The molecule has 13 aliphatic rings. The van der Waals surface area contributed by atoms with Crippen molar-refractivity contribution >= 4 is 17.6 Å². The molecule has 0 amide bonds. The summed E-state index contributed by atoms with van der Waals surface area (Å²) in [6.45, 7) is 20.4. The van der Waals surface area contributed by atoms with Crippen molar-refractivity contribution in [3.8, 4) is 67.9 Å². The largest absolute Gasteiger partial charge is 0.361 e. The SMILES string of the molecule is C.C.C.C.C[C@@H]1[C@H]2CC/C(=C\c3ccccc3F)C(=O)[C@]2(C)CCC12OCCO2.C[C@@H]1[C@H]2CCc3c(-c4ccccc4F)nc(-c4ccnc5c4CCC5)nc3[C@]2(C)CCC12OCCO2.C[C@H]1C(=O)CC[C@@]2(C)c3nc(-c4ccnc5c4CCC5)nc(-c4ccccc4F)c3CC[C@H]12.C[C@H]1c2oncc2C[C@@]2(C)c3nc(-c4ccnc5c4CCC5)nc(-c4ccccc4F)c3CC[C@H]12. The first-order valence-corrected chi connectivity index (χ1v) is 47.4. The number of hydrogen-bond acceptors (Lipinski definition) is 17. The Labute approximate surface area is 781 Å². The van der Waals surface area contributed by atoms with Gasteiger partial charge in [-0.1, -0.05) is 145 Å². The van der Waals surface area contributed by atoms with Gasteiger partial charge in [-0.05, 0) is 248 Å². The first-order chi connectivity index (χ1) is 62.5. The van der Waals surface area contributed by atoms with Crippen molar-refractivity contribution in [2.75, 3.05) is 26.4 Å². The van der Waals surface area contributed by atoms with Crippen LogP contribution in [0, 0.1) is 70.1 Å². The van der Waals surface area contributed by atoms with Gasteiger partial charge in [0, 0.05) is 161 Å². The average molecular weight is 1800 g/mol. The summed E-state index contributed by atoms with van der Waals surface area (Å²) >= 11 is 0. The second-order valence-electron chi connectivity index (χ2n) is 39.8. The molecule has 11 aromatic rings. The Morgan fingerprint density at radius 3 is 1.20 bits per heavy atom. The number of aryl methyl sites for hydroxylation is 3. The van der Waals surface area contributed by atoms with Gasteiger partial charge in [0.2, 0.25) is 0 Å². The number of rotatable bonds is 7. The standard InChI is InChI=1S/C30H32FN3O2.C29H27FN4O.C28H28FN3O.C21H25FO3.4CH4/c1-18-23-11-10-22-26(21-6-3-4-8-24(21)31)33-28(20-12-15-32-25-9-5-7-19(20)25)34-27(22)29(23,2)13-14-30(18)35-16-17-36-30;1-16-22-11-10-21-25(20-6-3-4-8-23(20)30)33-28(19-12-13-31-24-9-5-7-18(19)24)34-27(21)29(22,2)14-17-15-32-35-26(16)17;1-16-21-11-10-20-25(19-6-3-4-8-22(19)29)31-27(18-13-15-30-23-9-5-7-17(18)23)32-26(20)28(21,2)14-12-24(16)33;1-14-17-8-7-16(13-15-5-3-4-6-18(15)22)19(23)20(17,2)9-10-21(14)24-11-12-25-21;;;;/h3-4,6,8,12,15,18,23H,5,7,9-11,13-14,16-17H2,1-2H3;3-4,6,8,12-13,15-16,22H,5,7,9-11,14H2,1-2H3;3-4,6,8,13,15-16,21H,5,7,9-12,14H2,1-2H3;3-6,13-14,17H,7-12H2,1-2H3;4*1H4/b;;;16-13+;;;;/t18-,23-,29-;16-,22-,29-;16-,21-,28-;14-,17-,20-;;;;/m1111..../s1. The minimum absolute atomic E-state index is 0. The molecule has 0 bridgehead atoms. The highest BCUT2D eigenvalue weighted by atomic mass is 19.1. The van der Waals surface area contributed by atoms with Crippen molar-refractivity contribution in [3.05, 3.63) is 253 Å². The molecular formula is C112H128F4N10O7. The number of benzene rings is 4. The van der Waals surface area contributed by atoms with E-state index in [-0.39, 0.29) is 111 Å². The Morgan fingerprint density at radius 1 is 0.376 bits per heavy atom. The maximum atomic E-state index is 15.2. The fourth-order valence-corrected chi connectivity index (χ4v) is 26.4. The van der Waals surface area contributed by atoms with Crippen molar-refractivity contribution in [1.82, 2.24) is 50.0 Å². The Balaban J connectivity index is 0.000000123. The van der Waals surface area contributed by atoms with E-state index in [1.54, 1.807) is 42.5 Å². The molecule has 12 atom stereocenters. The third-order valence-electron chi connectivity index (χ3n) is 33.3. The number of ether oxygens (including phenoxy) is 4. The van der Waals surface area contributed by atoms with Crippen LogP contribution in [0.4, 0.5) is 17.6 Å².